The molecule has 0 aliphatic carbocycles. The average Bonchev–Trinajstić information content (AvgIpc) is 3.28. The van der Waals surface area contributed by atoms with Crippen molar-refractivity contribution in [2.24, 2.45) is 11.8 Å². The normalized spacial score (nSPS) is 19.4. The second-order valence-electron chi connectivity index (χ2n) is 7.07. The lowest BCUT2D eigenvalue weighted by Gasteiger charge is -2.24. The van der Waals surface area contributed by atoms with Crippen molar-refractivity contribution in [2.45, 2.75) is 38.6 Å². The summed E-state index contributed by atoms with van der Waals surface area (Å²) in [5, 5.41) is 30.5. The van der Waals surface area contributed by atoms with Gasteiger partial charge >= 0.3 is 5.97 Å². The van der Waals surface area contributed by atoms with Gasteiger partial charge in [-0.25, -0.2) is 4.98 Å². The first kappa shape index (κ1) is 18.2. The fraction of sp³-hybridized carbons (Fsp3) is 0.588. The molecule has 0 radical (unpaired) electrons. The van der Waals surface area contributed by atoms with Crippen molar-refractivity contribution in [2.75, 3.05) is 18.4 Å². The highest BCUT2D eigenvalue weighted by Crippen LogP contribution is 2.31. The summed E-state index contributed by atoms with van der Waals surface area (Å²) in [5.41, 5.74) is 0.946. The number of nitrogens with one attached hydrogen (secondary N) is 3. The van der Waals surface area contributed by atoms with E-state index < -0.39 is 11.9 Å². The molecule has 1 unspecified atom stereocenters. The third-order valence-corrected chi connectivity index (χ3v) is 4.82. The number of carboxylic acids is 1. The Bertz CT molecular complexity index is 696. The van der Waals surface area contributed by atoms with Gasteiger partial charge in [-0.3, -0.25) is 4.79 Å². The number of rotatable bonds is 8. The van der Waals surface area contributed by atoms with Crippen LogP contribution in [0, 0.1) is 11.8 Å². The molecule has 0 spiro atoms. The Morgan fingerprint density at radius 1 is 1.42 bits per heavy atom. The molecule has 2 aromatic heterocycles. The Labute approximate surface area is 152 Å². The second-order valence-corrected chi connectivity index (χ2v) is 7.07. The number of carbonyl (C=O) groups is 1. The van der Waals surface area contributed by atoms with Crippen molar-refractivity contribution in [3.63, 3.8) is 0 Å². The SMILES string of the molecule is CC(C)C(C(=O)O)[C@H](Cc1ccc(N[C@@H]2CCNC2)nc1)c1nn[nH]n1. The highest BCUT2D eigenvalue weighted by Gasteiger charge is 2.35. The van der Waals surface area contributed by atoms with Crippen LogP contribution in [0.5, 0.6) is 0 Å². The molecule has 3 rings (SSSR count). The van der Waals surface area contributed by atoms with Crippen LogP contribution in [0.3, 0.4) is 0 Å². The van der Waals surface area contributed by atoms with Crippen LogP contribution in [-0.4, -0.2) is 55.8 Å². The number of aromatic nitrogens is 5. The lowest BCUT2D eigenvalue weighted by atomic mass is 9.79. The van der Waals surface area contributed by atoms with E-state index in [4.69, 9.17) is 0 Å². The molecule has 3 atom stereocenters. The van der Waals surface area contributed by atoms with Crippen molar-refractivity contribution < 1.29 is 9.90 Å². The van der Waals surface area contributed by atoms with Gasteiger partial charge in [0.25, 0.3) is 0 Å². The molecule has 4 N–H and O–H groups in total. The molecule has 3 heterocycles. The zero-order valence-electron chi connectivity index (χ0n) is 15.0. The monoisotopic (exact) mass is 359 g/mol. The number of aromatic amines is 1. The summed E-state index contributed by atoms with van der Waals surface area (Å²) in [5.74, 6) is -0.627. The van der Waals surface area contributed by atoms with Crippen LogP contribution in [0.15, 0.2) is 18.3 Å². The maximum absolute atomic E-state index is 11.8. The van der Waals surface area contributed by atoms with Crippen LogP contribution >= 0.6 is 0 Å². The number of nitrogens with zero attached hydrogens (tertiary/aromatic N) is 4. The first-order chi connectivity index (χ1) is 12.5. The van der Waals surface area contributed by atoms with Gasteiger partial charge in [-0.05, 0) is 36.9 Å². The summed E-state index contributed by atoms with van der Waals surface area (Å²) in [6.45, 7) is 5.76. The Morgan fingerprint density at radius 2 is 2.27 bits per heavy atom. The van der Waals surface area contributed by atoms with Crippen LogP contribution in [-0.2, 0) is 11.2 Å². The van der Waals surface area contributed by atoms with Crippen molar-refractivity contribution in [1.29, 1.82) is 0 Å². The molecule has 0 bridgehead atoms. The molecule has 9 heteroatoms. The van der Waals surface area contributed by atoms with Gasteiger partial charge in [0.1, 0.15) is 5.82 Å². The van der Waals surface area contributed by atoms with Crippen LogP contribution in [0.1, 0.15) is 37.6 Å². The van der Waals surface area contributed by atoms with Crippen molar-refractivity contribution >= 4 is 11.8 Å². The maximum atomic E-state index is 11.8. The summed E-state index contributed by atoms with van der Waals surface area (Å²) in [6.07, 6.45) is 3.36. The lowest BCUT2D eigenvalue weighted by molar-refractivity contribution is -0.144. The predicted molar refractivity (Wildman–Crippen MR) is 95.7 cm³/mol. The second kappa shape index (κ2) is 8.22. The number of anilines is 1. The van der Waals surface area contributed by atoms with Gasteiger partial charge < -0.3 is 15.7 Å². The van der Waals surface area contributed by atoms with Gasteiger partial charge in [0.05, 0.1) is 5.92 Å². The topological polar surface area (TPSA) is 129 Å². The molecule has 1 aliphatic heterocycles. The lowest BCUT2D eigenvalue weighted by Crippen LogP contribution is -2.29. The van der Waals surface area contributed by atoms with E-state index in [-0.39, 0.29) is 11.8 Å². The molecule has 9 nitrogen and oxygen atoms in total. The Hall–Kier alpha value is -2.55. The fourth-order valence-electron chi connectivity index (χ4n) is 3.50. The van der Waals surface area contributed by atoms with E-state index in [9.17, 15) is 9.90 Å². The summed E-state index contributed by atoms with van der Waals surface area (Å²) < 4.78 is 0. The smallest absolute Gasteiger partial charge is 0.307 e. The quantitative estimate of drug-likeness (QED) is 0.550. The van der Waals surface area contributed by atoms with E-state index in [0.29, 0.717) is 18.3 Å². The molecular formula is C17H25N7O2. The first-order valence-corrected chi connectivity index (χ1v) is 8.93. The van der Waals surface area contributed by atoms with Gasteiger partial charge in [-0.1, -0.05) is 25.1 Å². The summed E-state index contributed by atoms with van der Waals surface area (Å²) >= 11 is 0. The Balaban J connectivity index is 1.75. The molecule has 2 aromatic rings. The van der Waals surface area contributed by atoms with E-state index in [0.717, 1.165) is 30.9 Å². The van der Waals surface area contributed by atoms with E-state index in [1.54, 1.807) is 6.20 Å². The van der Waals surface area contributed by atoms with Crippen LogP contribution in [0.4, 0.5) is 5.82 Å². The summed E-state index contributed by atoms with van der Waals surface area (Å²) in [7, 11) is 0. The molecule has 0 saturated carbocycles. The van der Waals surface area contributed by atoms with Gasteiger partial charge in [-0.15, -0.1) is 10.2 Å². The zero-order chi connectivity index (χ0) is 18.5. The van der Waals surface area contributed by atoms with Crippen LogP contribution < -0.4 is 10.6 Å². The molecule has 0 aromatic carbocycles. The van der Waals surface area contributed by atoms with Crippen LogP contribution in [0.25, 0.3) is 0 Å². The van der Waals surface area contributed by atoms with Gasteiger partial charge in [-0.2, -0.15) is 5.21 Å². The third-order valence-electron chi connectivity index (χ3n) is 4.82. The van der Waals surface area contributed by atoms with Crippen LogP contribution in [0.2, 0.25) is 0 Å². The number of carboxylic acid groups (broad SMARTS) is 1. The van der Waals surface area contributed by atoms with Crippen molar-refractivity contribution in [1.82, 2.24) is 30.9 Å². The number of H-pyrrole nitrogens is 1. The van der Waals surface area contributed by atoms with Gasteiger partial charge in [0.15, 0.2) is 5.82 Å². The minimum atomic E-state index is -0.852. The molecule has 1 aliphatic rings. The van der Waals surface area contributed by atoms with Crippen molar-refractivity contribution in [3.8, 4) is 0 Å². The summed E-state index contributed by atoms with van der Waals surface area (Å²) in [6, 6.07) is 4.31. The Morgan fingerprint density at radius 3 is 2.81 bits per heavy atom. The number of hydrogen-bond donors (Lipinski definition) is 4. The number of tetrazole rings is 1. The minimum Gasteiger partial charge on any atom is -0.481 e. The molecule has 0 amide bonds. The zero-order valence-corrected chi connectivity index (χ0v) is 15.0. The highest BCUT2D eigenvalue weighted by molar-refractivity contribution is 5.71. The predicted octanol–water partition coefficient (Wildman–Crippen LogP) is 1.05. The molecular weight excluding hydrogens is 334 g/mol. The number of aliphatic carboxylic acids is 1. The number of pyridine rings is 1. The molecule has 26 heavy (non-hydrogen) atoms. The van der Waals surface area contributed by atoms with Gasteiger partial charge in [0.2, 0.25) is 0 Å². The Kier molecular flexibility index (Phi) is 5.77. The largest absolute Gasteiger partial charge is 0.481 e. The molecule has 1 fully saturated rings. The minimum absolute atomic E-state index is 0.0558. The highest BCUT2D eigenvalue weighted by atomic mass is 16.4. The fourth-order valence-corrected chi connectivity index (χ4v) is 3.50. The van der Waals surface area contributed by atoms with E-state index >= 15 is 0 Å². The average molecular weight is 359 g/mol. The van der Waals surface area contributed by atoms with Crippen molar-refractivity contribution in [3.05, 3.63) is 29.7 Å². The number of hydrogen-bond acceptors (Lipinski definition) is 7. The van der Waals surface area contributed by atoms with E-state index in [2.05, 4.69) is 36.2 Å². The maximum Gasteiger partial charge on any atom is 0.307 e. The van der Waals surface area contributed by atoms with Gasteiger partial charge in [0, 0.05) is 24.7 Å². The molecule has 140 valence electrons. The first-order valence-electron chi connectivity index (χ1n) is 8.93. The van der Waals surface area contributed by atoms with E-state index in [1.165, 1.54) is 0 Å². The molecule has 1 saturated heterocycles. The third kappa shape index (κ3) is 4.34. The standard InChI is InChI=1S/C17H25N7O2/c1-10(2)15(17(25)26)13(16-21-23-24-22-16)7-11-3-4-14(19-8-11)20-12-5-6-18-9-12/h3-4,8,10,12-13,15,18H,5-7,9H2,1-2H3,(H,19,20)(H,25,26)(H,21,22,23,24)/t12-,13+,15?/m1/s1. The summed E-state index contributed by atoms with van der Waals surface area (Å²) in [4.78, 5) is 16.3. The van der Waals surface area contributed by atoms with E-state index in [1.807, 2.05) is 26.0 Å².